The fraction of sp³-hybridized carbons (Fsp3) is 0.333. The third kappa shape index (κ3) is 4.58. The largest absolute Gasteiger partial charge is 0.326 e. The highest BCUT2D eigenvalue weighted by Gasteiger charge is 2.35. The van der Waals surface area contributed by atoms with Crippen LogP contribution in [-0.2, 0) is 9.59 Å². The maximum atomic E-state index is 12.8. The molecule has 1 atom stereocenters. The lowest BCUT2D eigenvalue weighted by Gasteiger charge is -2.22. The minimum Gasteiger partial charge on any atom is -0.326 e. The molecule has 4 nitrogen and oxygen atoms in total. The van der Waals surface area contributed by atoms with Crippen molar-refractivity contribution in [2.75, 3.05) is 28.3 Å². The molecule has 2 aromatic carbocycles. The fourth-order valence-corrected chi connectivity index (χ4v) is 6.58. The van der Waals surface area contributed by atoms with Crippen molar-refractivity contribution in [1.82, 2.24) is 0 Å². The molecule has 2 amide bonds. The molecule has 7 heteroatoms. The van der Waals surface area contributed by atoms with Gasteiger partial charge >= 0.3 is 0 Å². The first-order valence-electron chi connectivity index (χ1n) is 9.30. The molecule has 2 aliphatic rings. The molecule has 2 heterocycles. The van der Waals surface area contributed by atoms with Gasteiger partial charge in [-0.1, -0.05) is 28.1 Å². The Bertz CT molecular complexity index is 869. The van der Waals surface area contributed by atoms with E-state index in [2.05, 4.69) is 33.4 Å². The van der Waals surface area contributed by atoms with Crippen molar-refractivity contribution in [1.29, 1.82) is 0 Å². The predicted octanol–water partition coefficient (Wildman–Crippen LogP) is 5.31. The zero-order valence-corrected chi connectivity index (χ0v) is 18.5. The zero-order valence-electron chi connectivity index (χ0n) is 15.3. The molecule has 0 aliphatic carbocycles. The van der Waals surface area contributed by atoms with Crippen molar-refractivity contribution in [3.8, 4) is 0 Å². The van der Waals surface area contributed by atoms with Gasteiger partial charge < -0.3 is 10.2 Å². The third-order valence-electron chi connectivity index (χ3n) is 4.89. The topological polar surface area (TPSA) is 49.4 Å². The average molecular weight is 477 g/mol. The van der Waals surface area contributed by atoms with Crippen molar-refractivity contribution >= 4 is 62.6 Å². The summed E-state index contributed by atoms with van der Waals surface area (Å²) in [7, 11) is 0. The number of hydrogen-bond donors (Lipinski definition) is 1. The van der Waals surface area contributed by atoms with Crippen LogP contribution in [0, 0.1) is 5.92 Å². The second-order valence-corrected chi connectivity index (χ2v) is 10.6. The molecule has 2 aromatic rings. The van der Waals surface area contributed by atoms with Crippen LogP contribution in [-0.4, -0.2) is 29.9 Å². The van der Waals surface area contributed by atoms with E-state index in [0.29, 0.717) is 11.1 Å². The molecular weight excluding hydrogens is 456 g/mol. The molecular formula is C21H21BrN2O2S2. The number of rotatable bonds is 4. The van der Waals surface area contributed by atoms with Crippen LogP contribution in [0.2, 0.25) is 0 Å². The monoisotopic (exact) mass is 476 g/mol. The Kier molecular flexibility index (Phi) is 6.33. The first kappa shape index (κ1) is 19.9. The summed E-state index contributed by atoms with van der Waals surface area (Å²) in [6, 6.07) is 15.7. The lowest BCUT2D eigenvalue weighted by Crippen LogP contribution is -2.28. The van der Waals surface area contributed by atoms with E-state index in [1.807, 2.05) is 59.9 Å². The second-order valence-electron chi connectivity index (χ2n) is 6.92. The van der Waals surface area contributed by atoms with Crippen LogP contribution in [0.4, 0.5) is 11.4 Å². The van der Waals surface area contributed by atoms with Crippen molar-refractivity contribution in [3.63, 3.8) is 0 Å². The number of anilines is 2. The average Bonchev–Trinajstić information content (AvgIpc) is 3.11. The Morgan fingerprint density at radius 3 is 2.61 bits per heavy atom. The molecule has 0 bridgehead atoms. The van der Waals surface area contributed by atoms with E-state index in [-0.39, 0.29) is 24.2 Å². The molecule has 0 spiro atoms. The van der Waals surface area contributed by atoms with Gasteiger partial charge in [-0.05, 0) is 59.9 Å². The molecule has 1 unspecified atom stereocenters. The highest BCUT2D eigenvalue weighted by Crippen LogP contribution is 2.44. The van der Waals surface area contributed by atoms with E-state index in [1.165, 1.54) is 23.5 Å². The van der Waals surface area contributed by atoms with Crippen LogP contribution >= 0.6 is 39.5 Å². The summed E-state index contributed by atoms with van der Waals surface area (Å²) < 4.78 is 1.40. The molecule has 4 rings (SSSR count). The summed E-state index contributed by atoms with van der Waals surface area (Å²) in [5, 5.41) is 3.02. The van der Waals surface area contributed by atoms with Crippen LogP contribution < -0.4 is 10.2 Å². The van der Waals surface area contributed by atoms with Gasteiger partial charge in [0, 0.05) is 28.8 Å². The maximum absolute atomic E-state index is 12.8. The van der Waals surface area contributed by atoms with Crippen LogP contribution in [0.1, 0.15) is 23.0 Å². The molecule has 1 N–H and O–H groups in total. The standard InChI is InChI=1S/C21H21BrN2O2S2/c22-16-5-7-18(8-6-16)24-13-15(12-19(24)25)20(26)23-17-4-1-3-14(11-17)21-27-9-2-10-28-21/h1,3-8,11,15,21H,2,9-10,12-13H2,(H,23,26). The number of thioether (sulfide) groups is 2. The number of carbonyl (C=O) groups excluding carboxylic acids is 2. The Morgan fingerprint density at radius 1 is 1.11 bits per heavy atom. The van der Waals surface area contributed by atoms with Crippen molar-refractivity contribution < 1.29 is 9.59 Å². The number of halogens is 1. The van der Waals surface area contributed by atoms with Gasteiger partial charge in [-0.15, -0.1) is 23.5 Å². The lowest BCUT2D eigenvalue weighted by molar-refractivity contribution is -0.122. The first-order valence-corrected chi connectivity index (χ1v) is 12.2. The van der Waals surface area contributed by atoms with E-state index in [1.54, 1.807) is 4.90 Å². The number of hydrogen-bond acceptors (Lipinski definition) is 4. The van der Waals surface area contributed by atoms with Gasteiger partial charge in [-0.3, -0.25) is 9.59 Å². The Labute approximate surface area is 182 Å². The molecule has 0 saturated carbocycles. The van der Waals surface area contributed by atoms with E-state index < -0.39 is 0 Å². The van der Waals surface area contributed by atoms with Crippen molar-refractivity contribution in [2.24, 2.45) is 5.92 Å². The summed E-state index contributed by atoms with van der Waals surface area (Å²) in [6.07, 6.45) is 1.50. The van der Waals surface area contributed by atoms with Crippen LogP contribution in [0.15, 0.2) is 53.0 Å². The predicted molar refractivity (Wildman–Crippen MR) is 122 cm³/mol. The number of benzene rings is 2. The van der Waals surface area contributed by atoms with Gasteiger partial charge in [0.2, 0.25) is 11.8 Å². The van der Waals surface area contributed by atoms with Crippen LogP contribution in [0.3, 0.4) is 0 Å². The smallest absolute Gasteiger partial charge is 0.229 e. The molecule has 2 aliphatic heterocycles. The van der Waals surface area contributed by atoms with E-state index >= 15 is 0 Å². The normalized spacial score (nSPS) is 20.4. The molecule has 28 heavy (non-hydrogen) atoms. The van der Waals surface area contributed by atoms with Crippen molar-refractivity contribution in [3.05, 3.63) is 58.6 Å². The van der Waals surface area contributed by atoms with Crippen molar-refractivity contribution in [2.45, 2.75) is 17.4 Å². The number of carbonyl (C=O) groups is 2. The number of nitrogens with one attached hydrogen (secondary N) is 1. The van der Waals surface area contributed by atoms with Crippen LogP contribution in [0.25, 0.3) is 0 Å². The fourth-order valence-electron chi connectivity index (χ4n) is 3.44. The summed E-state index contributed by atoms with van der Waals surface area (Å²) in [4.78, 5) is 26.9. The summed E-state index contributed by atoms with van der Waals surface area (Å²) in [5.74, 6) is 1.94. The summed E-state index contributed by atoms with van der Waals surface area (Å²) in [6.45, 7) is 0.417. The van der Waals surface area contributed by atoms with E-state index in [0.717, 1.165) is 15.8 Å². The first-order chi connectivity index (χ1) is 13.6. The molecule has 2 fully saturated rings. The van der Waals surface area contributed by atoms with Gasteiger partial charge in [0.25, 0.3) is 0 Å². The third-order valence-corrected chi connectivity index (χ3v) is 8.43. The van der Waals surface area contributed by atoms with E-state index in [9.17, 15) is 9.59 Å². The quantitative estimate of drug-likeness (QED) is 0.649. The van der Waals surface area contributed by atoms with Gasteiger partial charge in [0.15, 0.2) is 0 Å². The van der Waals surface area contributed by atoms with Gasteiger partial charge in [-0.25, -0.2) is 0 Å². The number of nitrogens with zero attached hydrogens (tertiary/aromatic N) is 1. The zero-order chi connectivity index (χ0) is 19.5. The van der Waals surface area contributed by atoms with E-state index in [4.69, 9.17) is 0 Å². The molecule has 146 valence electrons. The van der Waals surface area contributed by atoms with Crippen LogP contribution in [0.5, 0.6) is 0 Å². The van der Waals surface area contributed by atoms with Gasteiger partial charge in [0.05, 0.1) is 10.5 Å². The maximum Gasteiger partial charge on any atom is 0.229 e. The Hall–Kier alpha value is -1.44. The Morgan fingerprint density at radius 2 is 1.86 bits per heavy atom. The second kappa shape index (κ2) is 8.93. The minimum atomic E-state index is -0.335. The summed E-state index contributed by atoms with van der Waals surface area (Å²) >= 11 is 7.33. The highest BCUT2D eigenvalue weighted by atomic mass is 79.9. The number of amides is 2. The minimum absolute atomic E-state index is 0.00812. The molecule has 0 radical (unpaired) electrons. The SMILES string of the molecule is O=C(Nc1cccc(C2SCCCS2)c1)C1CC(=O)N(c2ccc(Br)cc2)C1. The highest BCUT2D eigenvalue weighted by molar-refractivity contribution is 9.10. The van der Waals surface area contributed by atoms with Gasteiger partial charge in [-0.2, -0.15) is 0 Å². The van der Waals surface area contributed by atoms with Gasteiger partial charge in [0.1, 0.15) is 0 Å². The summed E-state index contributed by atoms with van der Waals surface area (Å²) in [5.41, 5.74) is 2.88. The Balaban J connectivity index is 1.41. The molecule has 0 aromatic heterocycles. The molecule has 2 saturated heterocycles. The lowest BCUT2D eigenvalue weighted by atomic mass is 10.1.